The number of aryl methyl sites for hydroxylation is 3. The molecule has 32 heavy (non-hydrogen) atoms. The van der Waals surface area contributed by atoms with E-state index in [1.54, 1.807) is 26.7 Å². The number of hydrogen-bond donors (Lipinski definition) is 1. The molecular formula is C22H22ClN5O2S2. The van der Waals surface area contributed by atoms with E-state index in [1.165, 1.54) is 11.8 Å². The molecule has 0 saturated carbocycles. The molecular weight excluding hydrogens is 466 g/mol. The Labute approximate surface area is 198 Å². The molecule has 1 aromatic carbocycles. The van der Waals surface area contributed by atoms with E-state index in [1.807, 2.05) is 50.4 Å². The second-order valence-corrected chi connectivity index (χ2v) is 9.65. The molecule has 0 aliphatic carbocycles. The number of rotatable bonds is 7. The average molecular weight is 488 g/mol. The Kier molecular flexibility index (Phi) is 6.68. The first kappa shape index (κ1) is 22.6. The molecule has 0 atom stereocenters. The van der Waals surface area contributed by atoms with Gasteiger partial charge >= 0.3 is 0 Å². The highest BCUT2D eigenvalue weighted by atomic mass is 35.5. The van der Waals surface area contributed by atoms with Crippen LogP contribution in [-0.2, 0) is 17.9 Å². The first-order chi connectivity index (χ1) is 15.4. The first-order valence-electron chi connectivity index (χ1n) is 10.1. The van der Waals surface area contributed by atoms with E-state index >= 15 is 0 Å². The van der Waals surface area contributed by atoms with E-state index in [0.29, 0.717) is 45.7 Å². The third-order valence-corrected chi connectivity index (χ3v) is 7.21. The van der Waals surface area contributed by atoms with Gasteiger partial charge in [-0.25, -0.2) is 4.98 Å². The second kappa shape index (κ2) is 9.48. The lowest BCUT2D eigenvalue weighted by Gasteiger charge is -2.12. The van der Waals surface area contributed by atoms with Crippen LogP contribution in [0.2, 0.25) is 5.02 Å². The fourth-order valence-electron chi connectivity index (χ4n) is 3.32. The minimum absolute atomic E-state index is 0.106. The van der Waals surface area contributed by atoms with Crippen LogP contribution in [0.4, 0.5) is 5.69 Å². The summed E-state index contributed by atoms with van der Waals surface area (Å²) in [6.45, 7) is 6.66. The normalized spacial score (nSPS) is 11.2. The summed E-state index contributed by atoms with van der Waals surface area (Å²) in [7, 11) is 0. The zero-order valence-electron chi connectivity index (χ0n) is 17.9. The van der Waals surface area contributed by atoms with Gasteiger partial charge in [0, 0.05) is 22.1 Å². The molecule has 3 heterocycles. The molecule has 0 saturated heterocycles. The number of thiophene rings is 1. The Bertz CT molecular complexity index is 1340. The molecule has 0 aliphatic rings. The van der Waals surface area contributed by atoms with Crippen molar-refractivity contribution < 1.29 is 4.79 Å². The van der Waals surface area contributed by atoms with Gasteiger partial charge in [0.15, 0.2) is 10.7 Å². The Morgan fingerprint density at radius 2 is 2.09 bits per heavy atom. The van der Waals surface area contributed by atoms with Gasteiger partial charge in [0.2, 0.25) is 5.91 Å². The van der Waals surface area contributed by atoms with Gasteiger partial charge in [0.05, 0.1) is 18.0 Å². The molecule has 0 fully saturated rings. The minimum Gasteiger partial charge on any atom is -0.325 e. The first-order valence-corrected chi connectivity index (χ1v) is 12.3. The highest BCUT2D eigenvalue weighted by molar-refractivity contribution is 7.99. The number of anilines is 1. The molecule has 4 aromatic rings. The van der Waals surface area contributed by atoms with Crippen molar-refractivity contribution in [2.75, 3.05) is 11.1 Å². The number of amides is 1. The monoisotopic (exact) mass is 487 g/mol. The van der Waals surface area contributed by atoms with Crippen LogP contribution in [0, 0.1) is 13.8 Å². The van der Waals surface area contributed by atoms with Crippen LogP contribution in [-0.4, -0.2) is 31.0 Å². The summed E-state index contributed by atoms with van der Waals surface area (Å²) in [4.78, 5) is 31.8. The molecule has 7 nitrogen and oxygen atoms in total. The number of hydrogen-bond acceptors (Lipinski definition) is 6. The van der Waals surface area contributed by atoms with Gasteiger partial charge in [-0.05, 0) is 49.9 Å². The van der Waals surface area contributed by atoms with Gasteiger partial charge in [0.1, 0.15) is 5.52 Å². The van der Waals surface area contributed by atoms with Crippen molar-refractivity contribution in [3.8, 4) is 0 Å². The number of carbonyl (C=O) groups excluding carboxylic acids is 1. The Balaban J connectivity index is 1.64. The number of carbonyl (C=O) groups is 1. The van der Waals surface area contributed by atoms with Gasteiger partial charge in [-0.1, -0.05) is 35.5 Å². The van der Waals surface area contributed by atoms with Crippen molar-refractivity contribution in [3.63, 3.8) is 0 Å². The fraction of sp³-hybridized carbons (Fsp3) is 0.273. The summed E-state index contributed by atoms with van der Waals surface area (Å²) >= 11 is 8.95. The van der Waals surface area contributed by atoms with Crippen molar-refractivity contribution in [1.82, 2.24) is 19.3 Å². The van der Waals surface area contributed by atoms with Crippen LogP contribution < -0.4 is 10.9 Å². The maximum absolute atomic E-state index is 13.4. The highest BCUT2D eigenvalue weighted by Crippen LogP contribution is 2.23. The van der Waals surface area contributed by atoms with Gasteiger partial charge in [-0.15, -0.1) is 11.3 Å². The van der Waals surface area contributed by atoms with E-state index in [4.69, 9.17) is 16.6 Å². The zero-order valence-corrected chi connectivity index (χ0v) is 20.3. The number of halogens is 1. The van der Waals surface area contributed by atoms with Crippen LogP contribution in [0.15, 0.2) is 45.7 Å². The van der Waals surface area contributed by atoms with E-state index in [-0.39, 0.29) is 17.2 Å². The SMILES string of the molecule is CCn1nc(C)c2nc(SCC(=O)Nc3ccc(C)c(Cl)c3)n(Cc3cccs3)c(=O)c21. The largest absolute Gasteiger partial charge is 0.325 e. The third kappa shape index (κ3) is 4.60. The molecule has 0 spiro atoms. The standard InChI is InChI=1S/C22H22ClN5O2S2/c1-4-28-20-19(14(3)26-28)25-22(27(21(20)30)11-16-6-5-9-31-16)32-12-18(29)24-15-8-7-13(2)17(23)10-15/h5-10H,4,11-12H2,1-3H3,(H,24,29). The molecule has 1 N–H and O–H groups in total. The van der Waals surface area contributed by atoms with Crippen LogP contribution in [0.25, 0.3) is 11.0 Å². The number of fused-ring (bicyclic) bond motifs is 1. The summed E-state index contributed by atoms with van der Waals surface area (Å²) < 4.78 is 3.31. The molecule has 0 aliphatic heterocycles. The van der Waals surface area contributed by atoms with Crippen LogP contribution in [0.1, 0.15) is 23.1 Å². The minimum atomic E-state index is -0.201. The smallest absolute Gasteiger partial charge is 0.280 e. The van der Waals surface area contributed by atoms with Crippen LogP contribution in [0.3, 0.4) is 0 Å². The summed E-state index contributed by atoms with van der Waals surface area (Å²) in [5, 5.41) is 10.4. The molecule has 1 amide bonds. The summed E-state index contributed by atoms with van der Waals surface area (Å²) in [6.07, 6.45) is 0. The van der Waals surface area contributed by atoms with Crippen molar-refractivity contribution in [3.05, 3.63) is 67.2 Å². The van der Waals surface area contributed by atoms with E-state index < -0.39 is 0 Å². The van der Waals surface area contributed by atoms with E-state index in [9.17, 15) is 9.59 Å². The van der Waals surface area contributed by atoms with E-state index in [0.717, 1.165) is 10.4 Å². The van der Waals surface area contributed by atoms with Crippen molar-refractivity contribution >= 4 is 57.3 Å². The van der Waals surface area contributed by atoms with Crippen molar-refractivity contribution in [2.45, 2.75) is 39.0 Å². The molecule has 0 unspecified atom stereocenters. The molecule has 10 heteroatoms. The average Bonchev–Trinajstić information content (AvgIpc) is 3.39. The van der Waals surface area contributed by atoms with Gasteiger partial charge < -0.3 is 5.32 Å². The topological polar surface area (TPSA) is 81.8 Å². The van der Waals surface area contributed by atoms with Crippen molar-refractivity contribution in [1.29, 1.82) is 0 Å². The molecule has 3 aromatic heterocycles. The number of nitrogens with zero attached hydrogens (tertiary/aromatic N) is 4. The third-order valence-electron chi connectivity index (χ3n) is 4.96. The number of benzene rings is 1. The molecule has 0 radical (unpaired) electrons. The zero-order chi connectivity index (χ0) is 22.8. The Hall–Kier alpha value is -2.62. The van der Waals surface area contributed by atoms with E-state index in [2.05, 4.69) is 10.4 Å². The lowest BCUT2D eigenvalue weighted by molar-refractivity contribution is -0.113. The fourth-order valence-corrected chi connectivity index (χ4v) is 4.99. The van der Waals surface area contributed by atoms with Gasteiger partial charge in [0.25, 0.3) is 5.56 Å². The number of nitrogens with one attached hydrogen (secondary N) is 1. The lowest BCUT2D eigenvalue weighted by atomic mass is 10.2. The predicted molar refractivity (Wildman–Crippen MR) is 131 cm³/mol. The van der Waals surface area contributed by atoms with Crippen molar-refractivity contribution in [2.24, 2.45) is 0 Å². The van der Waals surface area contributed by atoms with Crippen LogP contribution >= 0.6 is 34.7 Å². The lowest BCUT2D eigenvalue weighted by Crippen LogP contribution is -2.26. The summed E-state index contributed by atoms with van der Waals surface area (Å²) in [5.74, 6) is -0.0950. The Morgan fingerprint density at radius 1 is 1.28 bits per heavy atom. The number of aromatic nitrogens is 4. The van der Waals surface area contributed by atoms with Gasteiger partial charge in [-0.3, -0.25) is 18.8 Å². The molecule has 166 valence electrons. The predicted octanol–water partition coefficient (Wildman–Crippen LogP) is 4.72. The Morgan fingerprint density at radius 3 is 2.78 bits per heavy atom. The van der Waals surface area contributed by atoms with Crippen LogP contribution in [0.5, 0.6) is 0 Å². The quantitative estimate of drug-likeness (QED) is 0.301. The summed E-state index contributed by atoms with van der Waals surface area (Å²) in [5.41, 5.74) is 3.18. The second-order valence-electron chi connectivity index (χ2n) is 7.26. The number of thioether (sulfide) groups is 1. The summed E-state index contributed by atoms with van der Waals surface area (Å²) in [6, 6.07) is 9.31. The van der Waals surface area contributed by atoms with Gasteiger partial charge in [-0.2, -0.15) is 5.10 Å². The molecule has 0 bridgehead atoms. The molecule has 4 rings (SSSR count). The highest BCUT2D eigenvalue weighted by Gasteiger charge is 2.19. The maximum atomic E-state index is 13.4. The maximum Gasteiger partial charge on any atom is 0.280 e.